The fourth-order valence-corrected chi connectivity index (χ4v) is 6.92. The predicted molar refractivity (Wildman–Crippen MR) is 183 cm³/mol. The summed E-state index contributed by atoms with van der Waals surface area (Å²) in [6.45, 7) is 17.9. The summed E-state index contributed by atoms with van der Waals surface area (Å²) in [5.41, 5.74) is 19.1. The van der Waals surface area contributed by atoms with E-state index in [0.29, 0.717) is 0 Å². The molecule has 0 saturated carbocycles. The molecule has 2 aliphatic rings. The first-order valence-electron chi connectivity index (χ1n) is 15.8. The molecular weight excluding hydrogens is 594 g/mol. The molecule has 2 aliphatic heterocycles. The number of aromatic nitrogens is 4. The zero-order valence-corrected chi connectivity index (χ0v) is 29.9. The van der Waals surface area contributed by atoms with Crippen molar-refractivity contribution in [3.8, 4) is 0 Å². The number of hydrogen-bond acceptors (Lipinski definition) is 2. The van der Waals surface area contributed by atoms with Gasteiger partial charge in [0.1, 0.15) is 0 Å². The Hall–Kier alpha value is -2.47. The van der Waals surface area contributed by atoms with Crippen LogP contribution >= 0.6 is 9.64 Å². The number of allylic oxidation sites excluding steroid dienone is 4. The van der Waals surface area contributed by atoms with Crippen LogP contribution in [-0.2, 0) is 25.7 Å². The van der Waals surface area contributed by atoms with Crippen molar-refractivity contribution in [2.45, 2.75) is 107 Å². The Bertz CT molecular complexity index is 1570. The summed E-state index contributed by atoms with van der Waals surface area (Å²) in [5.74, 6) is 0. The number of aryl methyl sites for hydroxylation is 4. The zero-order valence-electron chi connectivity index (χ0n) is 26.7. The molecule has 5 rings (SSSR count). The summed E-state index contributed by atoms with van der Waals surface area (Å²) in [6, 6.07) is 8.98. The van der Waals surface area contributed by atoms with Crippen LogP contribution in [-0.4, -0.2) is 27.6 Å². The van der Waals surface area contributed by atoms with Gasteiger partial charge in [0, 0.05) is 0 Å². The van der Waals surface area contributed by atoms with Crippen LogP contribution in [0.5, 0.6) is 0 Å². The van der Waals surface area contributed by atoms with Gasteiger partial charge in [-0.25, -0.2) is 9.97 Å². The van der Waals surface area contributed by atoms with Gasteiger partial charge < -0.3 is 9.97 Å². The first-order valence-corrected chi connectivity index (χ1v) is 19.0. The third kappa shape index (κ3) is 5.72. The molecule has 3 aromatic rings. The van der Waals surface area contributed by atoms with Gasteiger partial charge in [-0.3, -0.25) is 0 Å². The van der Waals surface area contributed by atoms with Gasteiger partial charge in [0.05, 0.1) is 22.8 Å². The average Bonchev–Trinajstić information content (AvgIpc) is 3.73. The van der Waals surface area contributed by atoms with Crippen molar-refractivity contribution < 1.29 is 0 Å². The van der Waals surface area contributed by atoms with Gasteiger partial charge in [-0.1, -0.05) is 95.8 Å². The molecule has 0 amide bonds. The Morgan fingerprint density at radius 3 is 0.952 bits per heavy atom. The predicted octanol–water partition coefficient (Wildman–Crippen LogP) is 9.59. The van der Waals surface area contributed by atoms with Crippen molar-refractivity contribution >= 4 is 71.6 Å². The van der Waals surface area contributed by atoms with Crippen LogP contribution in [0.4, 0.5) is 0 Å². The maximum atomic E-state index is 5.25. The zero-order chi connectivity index (χ0) is 30.6. The fraction of sp³-hybridized carbons (Fsp3) is 0.444. The van der Waals surface area contributed by atoms with Crippen molar-refractivity contribution in [3.63, 3.8) is 0 Å². The van der Waals surface area contributed by atoms with Crippen LogP contribution in [0.3, 0.4) is 0 Å². The van der Waals surface area contributed by atoms with Gasteiger partial charge in [0.25, 0.3) is 0 Å². The fourth-order valence-electron chi connectivity index (χ4n) is 6.92. The molecule has 6 heteroatoms. The number of nitrogens with zero attached hydrogens (tertiary/aromatic N) is 4. The molecule has 220 valence electrons. The number of hydrogen-bond donors (Lipinski definition) is 0. The molecule has 42 heavy (non-hydrogen) atoms. The van der Waals surface area contributed by atoms with E-state index in [9.17, 15) is 0 Å². The first-order chi connectivity index (χ1) is 20.5. The van der Waals surface area contributed by atoms with Gasteiger partial charge in [-0.2, -0.15) is 0 Å². The van der Waals surface area contributed by atoms with E-state index in [1.807, 2.05) is 0 Å². The summed E-state index contributed by atoms with van der Waals surface area (Å²) >= 11 is 1.16. The molecule has 0 N–H and O–H groups in total. The van der Waals surface area contributed by atoms with Gasteiger partial charge in [0.2, 0.25) is 0 Å². The van der Waals surface area contributed by atoms with Crippen molar-refractivity contribution in [1.82, 2.24) is 19.9 Å². The SMILES string of the molecule is CCC1=C(CC)c2cc3[n-]c(cc4[n-]c(cc5nc(cc1n2)C(CC)=C5CC)c(CC)c4CC)c(CC)c3CC.[Cl][Ga]. The van der Waals surface area contributed by atoms with E-state index >= 15 is 0 Å². The molecule has 8 bridgehead atoms. The Kier molecular flexibility index (Phi) is 11.1. The van der Waals surface area contributed by atoms with Crippen LogP contribution in [0.1, 0.15) is 126 Å². The van der Waals surface area contributed by atoms with E-state index in [4.69, 9.17) is 29.6 Å². The van der Waals surface area contributed by atoms with Crippen molar-refractivity contribution in [2.75, 3.05) is 0 Å². The number of rotatable bonds is 8. The number of halogens is 1. The van der Waals surface area contributed by atoms with Crippen molar-refractivity contribution in [3.05, 3.63) is 69.3 Å². The Morgan fingerprint density at radius 2 is 0.690 bits per heavy atom. The minimum absolute atomic E-state index is 0.950. The molecule has 0 fully saturated rings. The van der Waals surface area contributed by atoms with Crippen molar-refractivity contribution in [1.29, 1.82) is 0 Å². The van der Waals surface area contributed by atoms with Gasteiger partial charge in [-0.05, 0) is 79.7 Å². The second kappa shape index (κ2) is 14.3. The summed E-state index contributed by atoms with van der Waals surface area (Å²) in [4.78, 5) is 21.0. The van der Waals surface area contributed by atoms with Crippen LogP contribution in [0.15, 0.2) is 24.3 Å². The van der Waals surface area contributed by atoms with E-state index < -0.39 is 0 Å². The van der Waals surface area contributed by atoms with Crippen LogP contribution in [0.25, 0.3) is 44.4 Å². The quantitative estimate of drug-likeness (QED) is 0.231. The molecular formula is C36H44ClGaN4-2. The summed E-state index contributed by atoms with van der Waals surface area (Å²) in [6.07, 6.45) is 7.60. The van der Waals surface area contributed by atoms with E-state index in [1.54, 1.807) is 0 Å². The van der Waals surface area contributed by atoms with Gasteiger partial charge in [0.15, 0.2) is 0 Å². The number of fused-ring (bicyclic) bond motifs is 8. The Morgan fingerprint density at radius 1 is 0.429 bits per heavy atom. The molecule has 0 atom stereocenters. The average molecular weight is 638 g/mol. The van der Waals surface area contributed by atoms with Crippen molar-refractivity contribution in [2.24, 2.45) is 0 Å². The summed E-state index contributed by atoms with van der Waals surface area (Å²) < 4.78 is 0. The van der Waals surface area contributed by atoms with Gasteiger partial charge >= 0.3 is 27.2 Å². The first kappa shape index (κ1) is 32.4. The van der Waals surface area contributed by atoms with E-state index in [1.165, 1.54) is 44.5 Å². The molecule has 3 aromatic heterocycles. The standard InChI is InChI=1S/C36H44N4.ClH.Ga/c1-9-21-22(10-2)30-18-32-25(13-5)26(14-6)34(39-32)20-36-28(16-8)27(15-7)35(40-36)19-33-24(12-4)23(11-3)31(38-33)17-29(21)37-30;;/h17-20H,9-16H2,1-8H3;1H;/q-2;;+1/p-1. The summed E-state index contributed by atoms with van der Waals surface area (Å²) in [7, 11) is 4.70. The molecule has 0 aromatic carbocycles. The summed E-state index contributed by atoms with van der Waals surface area (Å²) in [5, 5.41) is 0. The molecule has 0 unspecified atom stereocenters. The maximum absolute atomic E-state index is 5.25. The topological polar surface area (TPSA) is 54.0 Å². The molecule has 4 nitrogen and oxygen atoms in total. The third-order valence-corrected chi connectivity index (χ3v) is 8.82. The monoisotopic (exact) mass is 636 g/mol. The van der Waals surface area contributed by atoms with E-state index in [-0.39, 0.29) is 0 Å². The van der Waals surface area contributed by atoms with E-state index in [2.05, 4.69) is 79.7 Å². The Balaban J connectivity index is 0.00000198. The molecule has 0 spiro atoms. The van der Waals surface area contributed by atoms with Crippen LogP contribution < -0.4 is 9.97 Å². The third-order valence-electron chi connectivity index (χ3n) is 8.82. The molecule has 0 saturated heterocycles. The van der Waals surface area contributed by atoms with Gasteiger partial charge in [-0.15, -0.1) is 22.1 Å². The minimum atomic E-state index is 0.950. The van der Waals surface area contributed by atoms with Crippen LogP contribution in [0.2, 0.25) is 0 Å². The molecule has 2 radical (unpaired) electrons. The van der Waals surface area contributed by atoms with E-state index in [0.717, 1.165) is 114 Å². The normalized spacial score (nSPS) is 13.1. The Labute approximate surface area is 266 Å². The second-order valence-corrected chi connectivity index (χ2v) is 10.8. The molecule has 5 heterocycles. The molecule has 0 aliphatic carbocycles. The van der Waals surface area contributed by atoms with Crippen LogP contribution in [0, 0.1) is 0 Å². The second-order valence-electron chi connectivity index (χ2n) is 10.8.